The standard InChI is InChI=1S/C20H27NO6/c1-3-4-8-11-24-20-16(21-13(2)22)17(23)18-15(26-20)12-25-19(27-18)14-9-6-5-7-10-14/h3,5-7,9-10,15-20,23H,1,4,8,11-12H2,2H3,(H,21,22)/t15?,16-,17?,18-,19?,20+/m0/s1. The van der Waals surface area contributed by atoms with Gasteiger partial charge in [-0.25, -0.2) is 0 Å². The van der Waals surface area contributed by atoms with Crippen molar-refractivity contribution in [1.29, 1.82) is 0 Å². The van der Waals surface area contributed by atoms with Gasteiger partial charge in [-0.05, 0) is 12.8 Å². The summed E-state index contributed by atoms with van der Waals surface area (Å²) in [6, 6.07) is 8.79. The van der Waals surface area contributed by atoms with Crippen molar-refractivity contribution in [3.8, 4) is 0 Å². The maximum Gasteiger partial charge on any atom is 0.217 e. The minimum atomic E-state index is -0.979. The monoisotopic (exact) mass is 377 g/mol. The Morgan fingerprint density at radius 3 is 2.85 bits per heavy atom. The lowest BCUT2D eigenvalue weighted by molar-refractivity contribution is -0.344. The first-order valence-electron chi connectivity index (χ1n) is 9.25. The van der Waals surface area contributed by atoms with Crippen LogP contribution in [0.25, 0.3) is 0 Å². The SMILES string of the molecule is C=CCCCO[C@@H]1OC2COC(c3ccccc3)O[C@@H]2C(O)[C@@H]1NC(C)=O. The van der Waals surface area contributed by atoms with Crippen LogP contribution >= 0.6 is 0 Å². The molecule has 1 amide bonds. The number of benzene rings is 1. The highest BCUT2D eigenvalue weighted by molar-refractivity contribution is 5.73. The molecule has 2 heterocycles. The van der Waals surface area contributed by atoms with Gasteiger partial charge in [-0.2, -0.15) is 0 Å². The van der Waals surface area contributed by atoms with E-state index >= 15 is 0 Å². The van der Waals surface area contributed by atoms with E-state index in [2.05, 4.69) is 11.9 Å². The van der Waals surface area contributed by atoms with Gasteiger partial charge in [0.25, 0.3) is 0 Å². The van der Waals surface area contributed by atoms with Crippen molar-refractivity contribution in [3.05, 3.63) is 48.6 Å². The van der Waals surface area contributed by atoms with Crippen LogP contribution in [0.2, 0.25) is 0 Å². The topological polar surface area (TPSA) is 86.2 Å². The minimum absolute atomic E-state index is 0.264. The van der Waals surface area contributed by atoms with E-state index in [0.29, 0.717) is 6.61 Å². The average Bonchev–Trinajstić information content (AvgIpc) is 2.68. The van der Waals surface area contributed by atoms with Gasteiger partial charge < -0.3 is 29.4 Å². The minimum Gasteiger partial charge on any atom is -0.388 e. The first-order chi connectivity index (χ1) is 13.1. The van der Waals surface area contributed by atoms with Crippen LogP contribution in [0, 0.1) is 0 Å². The van der Waals surface area contributed by atoms with E-state index < -0.39 is 36.9 Å². The Morgan fingerprint density at radius 2 is 2.15 bits per heavy atom. The first kappa shape index (κ1) is 20.0. The molecule has 7 heteroatoms. The van der Waals surface area contributed by atoms with Gasteiger partial charge >= 0.3 is 0 Å². The molecule has 2 aliphatic rings. The molecule has 0 aromatic heterocycles. The zero-order chi connectivity index (χ0) is 19.2. The van der Waals surface area contributed by atoms with Gasteiger partial charge in [0.2, 0.25) is 5.91 Å². The first-order valence-corrected chi connectivity index (χ1v) is 9.25. The fraction of sp³-hybridized carbons (Fsp3) is 0.550. The largest absolute Gasteiger partial charge is 0.388 e. The Hall–Kier alpha value is -1.77. The third-order valence-electron chi connectivity index (χ3n) is 4.64. The fourth-order valence-electron chi connectivity index (χ4n) is 3.33. The molecule has 1 aromatic carbocycles. The molecule has 0 spiro atoms. The van der Waals surface area contributed by atoms with Crippen molar-refractivity contribution in [2.75, 3.05) is 13.2 Å². The summed E-state index contributed by atoms with van der Waals surface area (Å²) in [7, 11) is 0. The van der Waals surface area contributed by atoms with E-state index in [1.807, 2.05) is 36.4 Å². The third-order valence-corrected chi connectivity index (χ3v) is 4.64. The Bertz CT molecular complexity index is 624. The molecule has 27 heavy (non-hydrogen) atoms. The number of nitrogens with one attached hydrogen (secondary N) is 1. The van der Waals surface area contributed by atoms with Gasteiger partial charge in [0.1, 0.15) is 24.4 Å². The molecule has 2 aliphatic heterocycles. The molecule has 7 nitrogen and oxygen atoms in total. The van der Waals surface area contributed by atoms with Gasteiger partial charge in [-0.15, -0.1) is 6.58 Å². The maximum absolute atomic E-state index is 11.6. The number of fused-ring (bicyclic) bond motifs is 1. The fourth-order valence-corrected chi connectivity index (χ4v) is 3.33. The quantitative estimate of drug-likeness (QED) is 0.555. The zero-order valence-corrected chi connectivity index (χ0v) is 15.5. The van der Waals surface area contributed by atoms with Crippen LogP contribution < -0.4 is 5.32 Å². The molecule has 0 bridgehead atoms. The normalized spacial score (nSPS) is 33.1. The highest BCUT2D eigenvalue weighted by Gasteiger charge is 2.50. The van der Waals surface area contributed by atoms with Crippen molar-refractivity contribution >= 4 is 5.91 Å². The van der Waals surface area contributed by atoms with Crippen molar-refractivity contribution in [2.24, 2.45) is 0 Å². The molecule has 148 valence electrons. The van der Waals surface area contributed by atoms with E-state index in [1.54, 1.807) is 0 Å². The molecule has 2 saturated heterocycles. The van der Waals surface area contributed by atoms with Crippen LogP contribution in [-0.4, -0.2) is 54.9 Å². The average molecular weight is 377 g/mol. The van der Waals surface area contributed by atoms with Gasteiger partial charge in [-0.3, -0.25) is 4.79 Å². The van der Waals surface area contributed by atoms with Crippen molar-refractivity contribution in [1.82, 2.24) is 5.32 Å². The predicted octanol–water partition coefficient (Wildman–Crippen LogP) is 1.67. The van der Waals surface area contributed by atoms with Crippen LogP contribution in [0.1, 0.15) is 31.6 Å². The number of unbranched alkanes of at least 4 members (excludes halogenated alkanes) is 1. The van der Waals surface area contributed by atoms with Crippen LogP contribution in [-0.2, 0) is 23.7 Å². The second-order valence-corrected chi connectivity index (χ2v) is 6.74. The van der Waals surface area contributed by atoms with Crippen LogP contribution in [0.4, 0.5) is 0 Å². The van der Waals surface area contributed by atoms with E-state index in [1.165, 1.54) is 6.92 Å². The number of hydrogen-bond acceptors (Lipinski definition) is 6. The summed E-state index contributed by atoms with van der Waals surface area (Å²) < 4.78 is 23.5. The van der Waals surface area contributed by atoms with E-state index in [0.717, 1.165) is 18.4 Å². The summed E-state index contributed by atoms with van der Waals surface area (Å²) >= 11 is 0. The van der Waals surface area contributed by atoms with Crippen LogP contribution in [0.15, 0.2) is 43.0 Å². The lowest BCUT2D eigenvalue weighted by atomic mass is 9.95. The predicted molar refractivity (Wildman–Crippen MR) is 97.7 cm³/mol. The van der Waals surface area contributed by atoms with Gasteiger partial charge in [0, 0.05) is 12.5 Å². The maximum atomic E-state index is 11.6. The lowest BCUT2D eigenvalue weighted by Crippen LogP contribution is -2.66. The number of aliphatic hydroxyl groups excluding tert-OH is 1. The Labute approximate surface area is 159 Å². The molecule has 0 aliphatic carbocycles. The summed E-state index contributed by atoms with van der Waals surface area (Å²) in [6.45, 7) is 5.77. The number of allylic oxidation sites excluding steroid dienone is 1. The van der Waals surface area contributed by atoms with Crippen LogP contribution in [0.5, 0.6) is 0 Å². The molecule has 3 unspecified atom stereocenters. The second-order valence-electron chi connectivity index (χ2n) is 6.74. The summed E-state index contributed by atoms with van der Waals surface area (Å²) in [4.78, 5) is 11.6. The van der Waals surface area contributed by atoms with Crippen molar-refractivity contribution in [2.45, 2.75) is 56.7 Å². The smallest absolute Gasteiger partial charge is 0.217 e. The Kier molecular flexibility index (Phi) is 6.98. The molecule has 0 radical (unpaired) electrons. The van der Waals surface area contributed by atoms with Crippen LogP contribution in [0.3, 0.4) is 0 Å². The molecule has 2 N–H and O–H groups in total. The molecular weight excluding hydrogens is 350 g/mol. The van der Waals surface area contributed by atoms with E-state index in [9.17, 15) is 9.90 Å². The third kappa shape index (κ3) is 4.94. The Balaban J connectivity index is 1.69. The summed E-state index contributed by atoms with van der Waals surface area (Å²) in [6.07, 6.45) is -0.0338. The second kappa shape index (κ2) is 9.43. The zero-order valence-electron chi connectivity index (χ0n) is 15.5. The highest BCUT2D eigenvalue weighted by atomic mass is 16.7. The number of hydrogen-bond donors (Lipinski definition) is 2. The van der Waals surface area contributed by atoms with E-state index in [4.69, 9.17) is 18.9 Å². The lowest BCUT2D eigenvalue weighted by Gasteiger charge is -2.47. The summed E-state index contributed by atoms with van der Waals surface area (Å²) in [5.41, 5.74) is 0.863. The van der Waals surface area contributed by atoms with Gasteiger partial charge in [0.15, 0.2) is 12.6 Å². The summed E-state index contributed by atoms with van der Waals surface area (Å²) in [5.74, 6) is -0.271. The molecular formula is C20H27NO6. The number of amides is 1. The number of ether oxygens (including phenoxy) is 4. The summed E-state index contributed by atoms with van der Waals surface area (Å²) in [5, 5.41) is 13.6. The Morgan fingerprint density at radius 1 is 1.37 bits per heavy atom. The molecule has 6 atom stereocenters. The molecule has 1 aromatic rings. The number of carbonyl (C=O) groups excluding carboxylic acids is 1. The number of aliphatic hydroxyl groups is 1. The molecule has 3 rings (SSSR count). The van der Waals surface area contributed by atoms with Gasteiger partial charge in [0.05, 0.1) is 13.2 Å². The highest BCUT2D eigenvalue weighted by Crippen LogP contribution is 2.34. The number of rotatable bonds is 7. The van der Waals surface area contributed by atoms with E-state index in [-0.39, 0.29) is 12.5 Å². The number of carbonyl (C=O) groups is 1. The molecule has 0 saturated carbocycles. The van der Waals surface area contributed by atoms with Gasteiger partial charge in [-0.1, -0.05) is 36.4 Å². The van der Waals surface area contributed by atoms with Crippen molar-refractivity contribution in [3.63, 3.8) is 0 Å². The molecule has 2 fully saturated rings. The van der Waals surface area contributed by atoms with Crippen molar-refractivity contribution < 1.29 is 28.8 Å².